The first-order valence-corrected chi connectivity index (χ1v) is 8.40. The highest BCUT2D eigenvalue weighted by Gasteiger charge is 2.06. The first kappa shape index (κ1) is 19.4. The number of halogens is 1. The third-order valence-corrected chi connectivity index (χ3v) is 3.73. The Labute approximate surface area is 158 Å². The van der Waals surface area contributed by atoms with E-state index in [1.807, 2.05) is 12.1 Å². The molecule has 0 aliphatic carbocycles. The maximum absolute atomic E-state index is 11.8. The number of hydrogen-bond acceptors (Lipinski definition) is 2. The molecule has 2 aromatic rings. The summed E-state index contributed by atoms with van der Waals surface area (Å²) < 4.78 is 0. The molecule has 0 unspecified atom stereocenters. The minimum absolute atomic E-state index is 0.0523. The van der Waals surface area contributed by atoms with Crippen molar-refractivity contribution < 1.29 is 9.59 Å². The Hall–Kier alpha value is -2.97. The maximum Gasteiger partial charge on any atom is 0.315 e. The highest BCUT2D eigenvalue weighted by atomic mass is 35.5. The van der Waals surface area contributed by atoms with Gasteiger partial charge in [0.05, 0.1) is 6.54 Å². The van der Waals surface area contributed by atoms with Crippen LogP contribution in [0.15, 0.2) is 48.5 Å². The molecule has 0 fully saturated rings. The van der Waals surface area contributed by atoms with E-state index in [4.69, 9.17) is 11.6 Å². The van der Waals surface area contributed by atoms with Gasteiger partial charge in [-0.25, -0.2) is 4.79 Å². The van der Waals surface area contributed by atoms with Crippen LogP contribution in [0.1, 0.15) is 21.5 Å². The Bertz CT molecular complexity index is 819. The number of carbonyl (C=O) groups excluding carboxylic acids is 2. The van der Waals surface area contributed by atoms with Gasteiger partial charge in [0, 0.05) is 36.8 Å². The molecule has 0 spiro atoms. The van der Waals surface area contributed by atoms with Crippen molar-refractivity contribution in [2.24, 2.45) is 0 Å². The average Bonchev–Trinajstić information content (AvgIpc) is 2.64. The van der Waals surface area contributed by atoms with Gasteiger partial charge in [-0.1, -0.05) is 35.6 Å². The summed E-state index contributed by atoms with van der Waals surface area (Å²) in [7, 11) is 3.42. The van der Waals surface area contributed by atoms with Crippen LogP contribution in [-0.2, 0) is 6.54 Å². The van der Waals surface area contributed by atoms with E-state index in [0.717, 1.165) is 11.1 Å². The third kappa shape index (κ3) is 6.15. The van der Waals surface area contributed by atoms with E-state index in [0.29, 0.717) is 17.1 Å². The Kier molecular flexibility index (Phi) is 7.07. The number of urea groups is 1. The number of nitrogens with one attached hydrogen (secondary N) is 2. The summed E-state index contributed by atoms with van der Waals surface area (Å²) in [5.74, 6) is 5.77. The fourth-order valence-electron chi connectivity index (χ4n) is 2.07. The molecule has 26 heavy (non-hydrogen) atoms. The molecule has 2 aromatic carbocycles. The molecule has 0 aliphatic heterocycles. The minimum Gasteiger partial charge on any atom is -0.345 e. The molecule has 0 saturated heterocycles. The standard InChI is InChI=1S/C20H20ClN3O2/c1-24(2)19(25)17-9-5-15(6-10-17)4-3-13-22-20(26)23-14-16-7-11-18(21)12-8-16/h5-12H,13-14H2,1-2H3,(H2,22,23,26). The highest BCUT2D eigenvalue weighted by Crippen LogP contribution is 2.09. The molecule has 5 nitrogen and oxygen atoms in total. The molecule has 0 heterocycles. The molecule has 0 aromatic heterocycles. The SMILES string of the molecule is CN(C)C(=O)c1ccc(C#CCNC(=O)NCc2ccc(Cl)cc2)cc1. The Balaban J connectivity index is 1.76. The van der Waals surface area contributed by atoms with E-state index in [2.05, 4.69) is 22.5 Å². The Morgan fingerprint density at radius 1 is 1.00 bits per heavy atom. The number of carbonyl (C=O) groups is 2. The van der Waals surface area contributed by atoms with Gasteiger partial charge in [-0.3, -0.25) is 4.79 Å². The molecule has 0 bridgehead atoms. The zero-order valence-electron chi connectivity index (χ0n) is 14.7. The molecule has 6 heteroatoms. The number of nitrogens with zero attached hydrogens (tertiary/aromatic N) is 1. The summed E-state index contributed by atoms with van der Waals surface area (Å²) in [5.41, 5.74) is 2.35. The summed E-state index contributed by atoms with van der Waals surface area (Å²) in [4.78, 5) is 25.0. The number of amides is 3. The van der Waals surface area contributed by atoms with Gasteiger partial charge >= 0.3 is 6.03 Å². The summed E-state index contributed by atoms with van der Waals surface area (Å²) in [6.07, 6.45) is 0. The molecule has 2 N–H and O–H groups in total. The molecule has 134 valence electrons. The van der Waals surface area contributed by atoms with Gasteiger partial charge in [-0.15, -0.1) is 0 Å². The molecule has 2 rings (SSSR count). The minimum atomic E-state index is -0.291. The third-order valence-electron chi connectivity index (χ3n) is 3.47. The lowest BCUT2D eigenvalue weighted by molar-refractivity contribution is 0.0827. The van der Waals surface area contributed by atoms with Gasteiger partial charge in [0.1, 0.15) is 0 Å². The largest absolute Gasteiger partial charge is 0.345 e. The highest BCUT2D eigenvalue weighted by molar-refractivity contribution is 6.30. The molecule has 0 atom stereocenters. The monoisotopic (exact) mass is 369 g/mol. The van der Waals surface area contributed by atoms with Gasteiger partial charge in [-0.2, -0.15) is 0 Å². The number of hydrogen-bond donors (Lipinski definition) is 2. The lowest BCUT2D eigenvalue weighted by Gasteiger charge is -2.09. The van der Waals surface area contributed by atoms with Crippen molar-refractivity contribution in [1.82, 2.24) is 15.5 Å². The summed E-state index contributed by atoms with van der Waals surface area (Å²) >= 11 is 5.81. The van der Waals surface area contributed by atoms with Gasteiger partial charge in [-0.05, 0) is 42.0 Å². The zero-order valence-corrected chi connectivity index (χ0v) is 15.4. The molecule has 3 amide bonds. The number of rotatable bonds is 4. The maximum atomic E-state index is 11.8. The lowest BCUT2D eigenvalue weighted by atomic mass is 10.1. The van der Waals surface area contributed by atoms with Crippen molar-refractivity contribution in [1.29, 1.82) is 0 Å². The van der Waals surface area contributed by atoms with Gasteiger partial charge in [0.2, 0.25) is 0 Å². The van der Waals surface area contributed by atoms with Crippen LogP contribution < -0.4 is 10.6 Å². The first-order chi connectivity index (χ1) is 12.5. The van der Waals surface area contributed by atoms with Gasteiger partial charge in [0.25, 0.3) is 5.91 Å². The fraction of sp³-hybridized carbons (Fsp3) is 0.200. The predicted molar refractivity (Wildman–Crippen MR) is 103 cm³/mol. The van der Waals surface area contributed by atoms with Gasteiger partial charge < -0.3 is 15.5 Å². The van der Waals surface area contributed by atoms with Crippen LogP contribution in [0, 0.1) is 11.8 Å². The second kappa shape index (κ2) is 9.50. The summed E-state index contributed by atoms with van der Waals surface area (Å²) in [5, 5.41) is 6.07. The van der Waals surface area contributed by atoms with E-state index in [1.54, 1.807) is 50.5 Å². The average molecular weight is 370 g/mol. The van der Waals surface area contributed by atoms with Crippen LogP contribution in [0.2, 0.25) is 5.02 Å². The van der Waals surface area contributed by atoms with E-state index in [-0.39, 0.29) is 18.5 Å². The zero-order chi connectivity index (χ0) is 18.9. The fourth-order valence-corrected chi connectivity index (χ4v) is 2.20. The van der Waals surface area contributed by atoms with E-state index >= 15 is 0 Å². The second-order valence-corrected chi connectivity index (χ2v) is 6.18. The van der Waals surface area contributed by atoms with Crippen molar-refractivity contribution in [2.45, 2.75) is 6.54 Å². The van der Waals surface area contributed by atoms with E-state index < -0.39 is 0 Å². The van der Waals surface area contributed by atoms with Crippen molar-refractivity contribution in [3.8, 4) is 11.8 Å². The van der Waals surface area contributed by atoms with E-state index in [9.17, 15) is 9.59 Å². The van der Waals surface area contributed by atoms with Crippen LogP contribution in [0.5, 0.6) is 0 Å². The molecule has 0 saturated carbocycles. The van der Waals surface area contributed by atoms with Crippen LogP contribution in [-0.4, -0.2) is 37.5 Å². The van der Waals surface area contributed by atoms with Crippen LogP contribution in [0.3, 0.4) is 0 Å². The second-order valence-electron chi connectivity index (χ2n) is 5.74. The molecule has 0 aliphatic rings. The van der Waals surface area contributed by atoms with Crippen molar-refractivity contribution in [2.75, 3.05) is 20.6 Å². The Morgan fingerprint density at radius 3 is 2.27 bits per heavy atom. The normalized spacial score (nSPS) is 9.65. The van der Waals surface area contributed by atoms with Gasteiger partial charge in [0.15, 0.2) is 0 Å². The molecular formula is C20H20ClN3O2. The number of benzene rings is 2. The van der Waals surface area contributed by atoms with Crippen LogP contribution in [0.4, 0.5) is 4.79 Å². The van der Waals surface area contributed by atoms with Crippen LogP contribution >= 0.6 is 11.6 Å². The molecular weight excluding hydrogens is 350 g/mol. The predicted octanol–water partition coefficient (Wildman–Crippen LogP) is 2.89. The van der Waals surface area contributed by atoms with E-state index in [1.165, 1.54) is 4.90 Å². The quantitative estimate of drug-likeness (QED) is 0.814. The van der Waals surface area contributed by atoms with Crippen molar-refractivity contribution in [3.63, 3.8) is 0 Å². The summed E-state index contributed by atoms with van der Waals surface area (Å²) in [6.45, 7) is 0.641. The van der Waals surface area contributed by atoms with Crippen molar-refractivity contribution in [3.05, 3.63) is 70.2 Å². The van der Waals surface area contributed by atoms with Crippen LogP contribution in [0.25, 0.3) is 0 Å². The Morgan fingerprint density at radius 2 is 1.65 bits per heavy atom. The molecule has 0 radical (unpaired) electrons. The van der Waals surface area contributed by atoms with Crippen molar-refractivity contribution >= 4 is 23.5 Å². The smallest absolute Gasteiger partial charge is 0.315 e. The first-order valence-electron chi connectivity index (χ1n) is 8.02. The topological polar surface area (TPSA) is 61.4 Å². The lowest BCUT2D eigenvalue weighted by Crippen LogP contribution is -2.35. The summed E-state index contributed by atoms with van der Waals surface area (Å²) in [6, 6.07) is 14.0.